The van der Waals surface area contributed by atoms with Crippen LogP contribution in [-0.4, -0.2) is 48.2 Å². The molecule has 4 atom stereocenters. The molecule has 2 aromatic rings. The Labute approximate surface area is 201 Å². The summed E-state index contributed by atoms with van der Waals surface area (Å²) in [6.07, 6.45) is -0.387. The van der Waals surface area contributed by atoms with Gasteiger partial charge in [0.2, 0.25) is 5.91 Å². The number of halogens is 2. The van der Waals surface area contributed by atoms with Crippen LogP contribution >= 0.6 is 0 Å². The van der Waals surface area contributed by atoms with Crippen molar-refractivity contribution in [2.45, 2.75) is 38.2 Å². The Morgan fingerprint density at radius 3 is 2.17 bits per heavy atom. The lowest BCUT2D eigenvalue weighted by Gasteiger charge is -2.20. The Balaban J connectivity index is 1.32. The number of hydrogen-bond acceptors (Lipinski definition) is 4. The van der Waals surface area contributed by atoms with Crippen LogP contribution in [0.5, 0.6) is 0 Å². The van der Waals surface area contributed by atoms with E-state index in [1.54, 1.807) is 13.8 Å². The average molecular weight is 487 g/mol. The highest BCUT2D eigenvalue weighted by molar-refractivity contribution is 5.88. The number of fused-ring (bicyclic) bond motifs is 3. The minimum absolute atomic E-state index is 0.0417. The van der Waals surface area contributed by atoms with E-state index in [1.165, 1.54) is 0 Å². The summed E-state index contributed by atoms with van der Waals surface area (Å²) in [5, 5.41) is 13.8. The Morgan fingerprint density at radius 2 is 1.63 bits per heavy atom. The van der Waals surface area contributed by atoms with Gasteiger partial charge in [0.25, 0.3) is 5.92 Å². The predicted molar refractivity (Wildman–Crippen MR) is 124 cm³/mol. The third-order valence-electron chi connectivity index (χ3n) is 7.07. The SMILES string of the molecule is CCC(C)C(NC(=O)[C@@H]1[C@H](CNC(=O)OCC2c3ccccc3-c3ccccc32)C1(F)F)C(=O)O. The van der Waals surface area contributed by atoms with Crippen molar-refractivity contribution in [2.75, 3.05) is 13.2 Å². The van der Waals surface area contributed by atoms with Crippen LogP contribution in [0, 0.1) is 17.8 Å². The van der Waals surface area contributed by atoms with Crippen LogP contribution in [0.15, 0.2) is 48.5 Å². The number of rotatable bonds is 9. The smallest absolute Gasteiger partial charge is 0.407 e. The maximum Gasteiger partial charge on any atom is 0.407 e. The molecular weight excluding hydrogens is 458 g/mol. The lowest BCUT2D eigenvalue weighted by molar-refractivity contribution is -0.144. The fourth-order valence-corrected chi connectivity index (χ4v) is 4.77. The second-order valence-electron chi connectivity index (χ2n) is 9.18. The fourth-order valence-electron chi connectivity index (χ4n) is 4.77. The Morgan fingerprint density at radius 1 is 1.06 bits per heavy atom. The van der Waals surface area contributed by atoms with E-state index < -0.39 is 54.2 Å². The van der Waals surface area contributed by atoms with Gasteiger partial charge >= 0.3 is 12.1 Å². The zero-order valence-electron chi connectivity index (χ0n) is 19.5. The first-order valence-electron chi connectivity index (χ1n) is 11.7. The van der Waals surface area contributed by atoms with Gasteiger partial charge in [0.1, 0.15) is 18.6 Å². The normalized spacial score (nSPS) is 21.3. The number of alkyl carbamates (subject to hydrolysis) is 1. The summed E-state index contributed by atoms with van der Waals surface area (Å²) in [5.74, 6) is -9.33. The molecule has 0 radical (unpaired) electrons. The van der Waals surface area contributed by atoms with Crippen LogP contribution in [0.4, 0.5) is 13.6 Å². The van der Waals surface area contributed by atoms with E-state index in [1.807, 2.05) is 48.5 Å². The third kappa shape index (κ3) is 4.72. The third-order valence-corrected chi connectivity index (χ3v) is 7.07. The highest BCUT2D eigenvalue weighted by Gasteiger charge is 2.71. The van der Waals surface area contributed by atoms with Gasteiger partial charge < -0.3 is 20.5 Å². The van der Waals surface area contributed by atoms with Crippen molar-refractivity contribution in [1.82, 2.24) is 10.6 Å². The molecule has 0 aliphatic heterocycles. The molecule has 0 aromatic heterocycles. The number of nitrogens with one attached hydrogen (secondary N) is 2. The first-order valence-corrected chi connectivity index (χ1v) is 11.7. The highest BCUT2D eigenvalue weighted by Crippen LogP contribution is 2.55. The maximum atomic E-state index is 14.3. The van der Waals surface area contributed by atoms with Gasteiger partial charge in [-0.25, -0.2) is 18.4 Å². The van der Waals surface area contributed by atoms with Gasteiger partial charge in [-0.05, 0) is 28.2 Å². The molecule has 2 aromatic carbocycles. The molecule has 0 saturated heterocycles. The molecule has 1 saturated carbocycles. The maximum absolute atomic E-state index is 14.3. The van der Waals surface area contributed by atoms with Crippen LogP contribution in [0.25, 0.3) is 11.1 Å². The molecule has 35 heavy (non-hydrogen) atoms. The van der Waals surface area contributed by atoms with Gasteiger partial charge in [-0.2, -0.15) is 0 Å². The van der Waals surface area contributed by atoms with Crippen molar-refractivity contribution in [2.24, 2.45) is 17.8 Å². The number of hydrogen-bond donors (Lipinski definition) is 3. The first-order chi connectivity index (χ1) is 16.7. The van der Waals surface area contributed by atoms with Crippen molar-refractivity contribution < 1.29 is 33.0 Å². The summed E-state index contributed by atoms with van der Waals surface area (Å²) >= 11 is 0. The number of alkyl halides is 2. The van der Waals surface area contributed by atoms with E-state index in [0.29, 0.717) is 6.42 Å². The number of benzene rings is 2. The van der Waals surface area contributed by atoms with E-state index in [0.717, 1.165) is 22.3 Å². The van der Waals surface area contributed by atoms with E-state index in [4.69, 9.17) is 4.74 Å². The molecule has 186 valence electrons. The number of carbonyl (C=O) groups excluding carboxylic acids is 2. The number of amides is 2. The lowest BCUT2D eigenvalue weighted by atomic mass is 9.98. The fraction of sp³-hybridized carbons (Fsp3) is 0.423. The van der Waals surface area contributed by atoms with Crippen LogP contribution < -0.4 is 10.6 Å². The van der Waals surface area contributed by atoms with E-state index in [9.17, 15) is 28.3 Å². The van der Waals surface area contributed by atoms with Gasteiger partial charge in [0.15, 0.2) is 0 Å². The van der Waals surface area contributed by atoms with Crippen LogP contribution in [0.1, 0.15) is 37.3 Å². The minimum atomic E-state index is -3.33. The molecule has 7 nitrogen and oxygen atoms in total. The monoisotopic (exact) mass is 486 g/mol. The first kappa shape index (κ1) is 24.6. The summed E-state index contributed by atoms with van der Waals surface area (Å²) in [5.41, 5.74) is 4.20. The molecule has 0 heterocycles. The number of carbonyl (C=O) groups is 3. The number of carboxylic acid groups (broad SMARTS) is 1. The number of aliphatic carboxylic acids is 1. The average Bonchev–Trinajstić information content (AvgIpc) is 3.25. The van der Waals surface area contributed by atoms with Gasteiger partial charge in [-0.3, -0.25) is 4.79 Å². The molecule has 9 heteroatoms. The van der Waals surface area contributed by atoms with Crippen LogP contribution in [-0.2, 0) is 14.3 Å². The molecule has 3 N–H and O–H groups in total. The second-order valence-corrected chi connectivity index (χ2v) is 9.18. The summed E-state index contributed by atoms with van der Waals surface area (Å²) in [6.45, 7) is 2.96. The largest absolute Gasteiger partial charge is 0.480 e. The standard InChI is InChI=1S/C26H28F2N2O5/c1-3-14(2)22(24(32)33)30-23(31)21-20(26(21,27)28)12-29-25(34)35-13-19-17-10-6-4-8-15(17)16-9-5-7-11-18(16)19/h4-11,14,19-22H,3,12-13H2,1-2H3,(H,29,34)(H,30,31)(H,32,33)/t14?,20-,21-,22?/m0/s1. The molecule has 1 fully saturated rings. The minimum Gasteiger partial charge on any atom is -0.480 e. The van der Waals surface area contributed by atoms with Crippen molar-refractivity contribution in [3.63, 3.8) is 0 Å². The zero-order valence-corrected chi connectivity index (χ0v) is 19.5. The molecule has 4 rings (SSSR count). The van der Waals surface area contributed by atoms with Gasteiger partial charge in [0, 0.05) is 12.5 Å². The van der Waals surface area contributed by atoms with Crippen molar-refractivity contribution in [3.8, 4) is 11.1 Å². The molecular formula is C26H28F2N2O5. The summed E-state index contributed by atoms with van der Waals surface area (Å²) in [4.78, 5) is 36.0. The summed E-state index contributed by atoms with van der Waals surface area (Å²) < 4.78 is 33.9. The summed E-state index contributed by atoms with van der Waals surface area (Å²) in [7, 11) is 0. The quantitative estimate of drug-likeness (QED) is 0.497. The summed E-state index contributed by atoms with van der Waals surface area (Å²) in [6, 6.07) is 14.4. The van der Waals surface area contributed by atoms with E-state index >= 15 is 0 Å². The van der Waals surface area contributed by atoms with Gasteiger partial charge in [0.05, 0.1) is 5.92 Å². The molecule has 2 aliphatic carbocycles. The molecule has 2 amide bonds. The van der Waals surface area contributed by atoms with Crippen LogP contribution in [0.3, 0.4) is 0 Å². The second kappa shape index (κ2) is 9.64. The molecule has 0 bridgehead atoms. The Bertz CT molecular complexity index is 1090. The highest BCUT2D eigenvalue weighted by atomic mass is 19.3. The lowest BCUT2D eigenvalue weighted by Crippen LogP contribution is -2.46. The Hall–Kier alpha value is -3.49. The van der Waals surface area contributed by atoms with E-state index in [-0.39, 0.29) is 12.5 Å². The molecule has 2 aliphatic rings. The van der Waals surface area contributed by atoms with Gasteiger partial charge in [-0.15, -0.1) is 0 Å². The van der Waals surface area contributed by atoms with Crippen molar-refractivity contribution >= 4 is 18.0 Å². The number of ether oxygens (including phenoxy) is 1. The van der Waals surface area contributed by atoms with Crippen LogP contribution in [0.2, 0.25) is 0 Å². The topological polar surface area (TPSA) is 105 Å². The predicted octanol–water partition coefficient (Wildman–Crippen LogP) is 4.02. The molecule has 2 unspecified atom stereocenters. The van der Waals surface area contributed by atoms with Crippen molar-refractivity contribution in [3.05, 3.63) is 59.7 Å². The zero-order chi connectivity index (χ0) is 25.3. The Kier molecular flexibility index (Phi) is 6.78. The number of carboxylic acids is 1. The van der Waals surface area contributed by atoms with Gasteiger partial charge in [-0.1, -0.05) is 68.8 Å². The van der Waals surface area contributed by atoms with Crippen molar-refractivity contribution in [1.29, 1.82) is 0 Å². The molecule has 0 spiro atoms. The van der Waals surface area contributed by atoms with E-state index in [2.05, 4.69) is 10.6 Å².